The van der Waals surface area contributed by atoms with Gasteiger partial charge < -0.3 is 9.30 Å². The number of hydrogen-bond acceptors (Lipinski definition) is 3. The molecule has 2 aromatic rings. The van der Waals surface area contributed by atoms with Crippen molar-refractivity contribution in [3.8, 4) is 5.75 Å². The highest BCUT2D eigenvalue weighted by molar-refractivity contribution is 9.10. The fourth-order valence-corrected chi connectivity index (χ4v) is 3.83. The first-order chi connectivity index (χ1) is 11.4. The number of fused-ring (bicyclic) bond motifs is 2. The Labute approximate surface area is 149 Å². The number of benzene rings is 1. The smallest absolute Gasteiger partial charge is 0.276 e. The summed E-state index contributed by atoms with van der Waals surface area (Å²) >= 11 is 3.48. The Morgan fingerprint density at radius 3 is 3.00 bits per heavy atom. The first-order valence-corrected chi connectivity index (χ1v) is 9.09. The summed E-state index contributed by atoms with van der Waals surface area (Å²) < 4.78 is 9.08. The van der Waals surface area contributed by atoms with E-state index >= 15 is 0 Å². The standard InChI is InChI=1S/C18H20BrN3O2/c1-18(2)11-22(13-7-6-12(19)9-15(13)24-18)17(23)14-10-20-16-5-3-4-8-21(14)16/h6-7,9-10H,3-5,8,11H2,1-2H3. The monoisotopic (exact) mass is 389 g/mol. The van der Waals surface area contributed by atoms with Crippen molar-refractivity contribution in [2.24, 2.45) is 0 Å². The number of hydrogen-bond donors (Lipinski definition) is 0. The molecular formula is C18H20BrN3O2. The molecule has 0 unspecified atom stereocenters. The van der Waals surface area contributed by atoms with E-state index in [0.717, 1.165) is 47.5 Å². The van der Waals surface area contributed by atoms with Gasteiger partial charge in [0, 0.05) is 17.4 Å². The van der Waals surface area contributed by atoms with Crippen LogP contribution in [0.5, 0.6) is 5.75 Å². The zero-order valence-corrected chi connectivity index (χ0v) is 15.5. The van der Waals surface area contributed by atoms with Gasteiger partial charge in [-0.05, 0) is 44.9 Å². The lowest BCUT2D eigenvalue weighted by Gasteiger charge is -2.39. The molecular weight excluding hydrogens is 370 g/mol. The van der Waals surface area contributed by atoms with E-state index in [2.05, 4.69) is 25.5 Å². The molecule has 6 heteroatoms. The largest absolute Gasteiger partial charge is 0.484 e. The van der Waals surface area contributed by atoms with E-state index in [4.69, 9.17) is 4.74 Å². The number of rotatable bonds is 1. The number of nitrogens with zero attached hydrogens (tertiary/aromatic N) is 3. The van der Waals surface area contributed by atoms with E-state index in [1.165, 1.54) is 0 Å². The predicted molar refractivity (Wildman–Crippen MR) is 95.7 cm³/mol. The van der Waals surface area contributed by atoms with Crippen molar-refractivity contribution in [2.45, 2.75) is 45.3 Å². The summed E-state index contributed by atoms with van der Waals surface area (Å²) in [7, 11) is 0. The van der Waals surface area contributed by atoms with Crippen LogP contribution in [0, 0.1) is 0 Å². The Hall–Kier alpha value is -1.82. The molecule has 0 radical (unpaired) electrons. The number of ether oxygens (including phenoxy) is 1. The summed E-state index contributed by atoms with van der Waals surface area (Å²) in [5.74, 6) is 1.75. The van der Waals surface area contributed by atoms with Gasteiger partial charge in [-0.2, -0.15) is 0 Å². The molecule has 24 heavy (non-hydrogen) atoms. The van der Waals surface area contributed by atoms with Gasteiger partial charge in [-0.1, -0.05) is 15.9 Å². The number of anilines is 1. The highest BCUT2D eigenvalue weighted by atomic mass is 79.9. The molecule has 1 amide bonds. The average Bonchev–Trinajstić information content (AvgIpc) is 2.96. The van der Waals surface area contributed by atoms with Gasteiger partial charge in [-0.15, -0.1) is 0 Å². The van der Waals surface area contributed by atoms with Crippen molar-refractivity contribution < 1.29 is 9.53 Å². The molecule has 1 aromatic heterocycles. The minimum Gasteiger partial charge on any atom is -0.484 e. The van der Waals surface area contributed by atoms with Crippen LogP contribution in [0.4, 0.5) is 5.69 Å². The van der Waals surface area contributed by atoms with E-state index in [0.29, 0.717) is 12.2 Å². The molecule has 2 aliphatic heterocycles. The normalized spacial score (nSPS) is 18.5. The molecule has 5 nitrogen and oxygen atoms in total. The fraction of sp³-hybridized carbons (Fsp3) is 0.444. The van der Waals surface area contributed by atoms with Crippen molar-refractivity contribution >= 4 is 27.5 Å². The van der Waals surface area contributed by atoms with Gasteiger partial charge >= 0.3 is 0 Å². The number of carbonyl (C=O) groups excluding carboxylic acids is 1. The molecule has 126 valence electrons. The van der Waals surface area contributed by atoms with Crippen molar-refractivity contribution in [2.75, 3.05) is 11.4 Å². The number of aryl methyl sites for hydroxylation is 1. The van der Waals surface area contributed by atoms with Crippen molar-refractivity contribution in [1.82, 2.24) is 9.55 Å². The highest BCUT2D eigenvalue weighted by Gasteiger charge is 2.36. The molecule has 0 fully saturated rings. The van der Waals surface area contributed by atoms with Gasteiger partial charge in [0.1, 0.15) is 22.9 Å². The van der Waals surface area contributed by atoms with Crippen molar-refractivity contribution in [3.63, 3.8) is 0 Å². The maximum atomic E-state index is 13.3. The molecule has 2 aliphatic rings. The topological polar surface area (TPSA) is 47.4 Å². The summed E-state index contributed by atoms with van der Waals surface area (Å²) in [6.07, 6.45) is 4.92. The zero-order valence-electron chi connectivity index (χ0n) is 13.9. The number of carbonyl (C=O) groups is 1. The summed E-state index contributed by atoms with van der Waals surface area (Å²) in [6, 6.07) is 5.79. The summed E-state index contributed by atoms with van der Waals surface area (Å²) in [6.45, 7) is 5.39. The number of halogens is 1. The molecule has 0 saturated carbocycles. The lowest BCUT2D eigenvalue weighted by molar-refractivity contribution is 0.0829. The van der Waals surface area contributed by atoms with E-state index in [1.807, 2.05) is 36.9 Å². The maximum Gasteiger partial charge on any atom is 0.276 e. The zero-order chi connectivity index (χ0) is 16.9. The molecule has 3 heterocycles. The van der Waals surface area contributed by atoms with Gasteiger partial charge in [0.15, 0.2) is 0 Å². The quantitative estimate of drug-likeness (QED) is 0.744. The minimum absolute atomic E-state index is 0.00408. The van der Waals surface area contributed by atoms with Crippen LogP contribution in [0.25, 0.3) is 0 Å². The molecule has 0 aliphatic carbocycles. The molecule has 0 saturated heterocycles. The summed E-state index contributed by atoms with van der Waals surface area (Å²) in [4.78, 5) is 19.5. The summed E-state index contributed by atoms with van der Waals surface area (Å²) in [5, 5.41) is 0. The van der Waals surface area contributed by atoms with Gasteiger partial charge in [0.2, 0.25) is 0 Å². The Morgan fingerprint density at radius 1 is 1.33 bits per heavy atom. The molecule has 1 aromatic carbocycles. The molecule has 0 N–H and O–H groups in total. The van der Waals surface area contributed by atoms with E-state index in [1.54, 1.807) is 6.20 Å². The Morgan fingerprint density at radius 2 is 2.17 bits per heavy atom. The van der Waals surface area contributed by atoms with E-state index in [-0.39, 0.29) is 5.91 Å². The van der Waals surface area contributed by atoms with Gasteiger partial charge in [0.05, 0.1) is 18.4 Å². The van der Waals surface area contributed by atoms with Crippen molar-refractivity contribution in [1.29, 1.82) is 0 Å². The highest BCUT2D eigenvalue weighted by Crippen LogP contribution is 2.39. The second-order valence-electron chi connectivity index (χ2n) is 7.03. The van der Waals surface area contributed by atoms with Crippen LogP contribution in [-0.2, 0) is 13.0 Å². The number of imidazole rings is 1. The van der Waals surface area contributed by atoms with Crippen LogP contribution in [0.15, 0.2) is 28.9 Å². The third kappa shape index (κ3) is 2.62. The third-order valence-electron chi connectivity index (χ3n) is 4.57. The number of amides is 1. The second-order valence-corrected chi connectivity index (χ2v) is 7.95. The van der Waals surface area contributed by atoms with Crippen LogP contribution in [-0.4, -0.2) is 27.6 Å². The average molecular weight is 390 g/mol. The van der Waals surface area contributed by atoms with Crippen LogP contribution in [0.3, 0.4) is 0 Å². The van der Waals surface area contributed by atoms with E-state index < -0.39 is 5.60 Å². The van der Waals surface area contributed by atoms with Gasteiger partial charge in [-0.25, -0.2) is 4.98 Å². The predicted octanol–water partition coefficient (Wildman–Crippen LogP) is 3.80. The Kier molecular flexibility index (Phi) is 3.67. The molecule has 0 spiro atoms. The van der Waals surface area contributed by atoms with Gasteiger partial charge in [-0.3, -0.25) is 9.69 Å². The van der Waals surface area contributed by atoms with Crippen LogP contribution < -0.4 is 9.64 Å². The Bertz CT molecular complexity index is 813. The SMILES string of the molecule is CC1(C)CN(C(=O)c2cnc3n2CCCC3)c2ccc(Br)cc2O1. The van der Waals surface area contributed by atoms with Gasteiger partial charge in [0.25, 0.3) is 5.91 Å². The molecule has 0 bridgehead atoms. The first-order valence-electron chi connectivity index (χ1n) is 8.29. The first kappa shape index (κ1) is 15.7. The van der Waals surface area contributed by atoms with E-state index in [9.17, 15) is 4.79 Å². The minimum atomic E-state index is -0.436. The van der Waals surface area contributed by atoms with Crippen LogP contribution >= 0.6 is 15.9 Å². The summed E-state index contributed by atoms with van der Waals surface area (Å²) in [5.41, 5.74) is 1.05. The van der Waals surface area contributed by atoms with Crippen molar-refractivity contribution in [3.05, 3.63) is 40.4 Å². The van der Waals surface area contributed by atoms with Crippen LogP contribution in [0.1, 0.15) is 43.0 Å². The maximum absolute atomic E-state index is 13.3. The number of aromatic nitrogens is 2. The second kappa shape index (κ2) is 5.62. The fourth-order valence-electron chi connectivity index (χ4n) is 3.49. The Balaban J connectivity index is 1.76. The van der Waals surface area contributed by atoms with Crippen LogP contribution in [0.2, 0.25) is 0 Å². The molecule has 0 atom stereocenters. The molecule has 4 rings (SSSR count). The lowest BCUT2D eigenvalue weighted by atomic mass is 10.0. The third-order valence-corrected chi connectivity index (χ3v) is 5.07. The lowest BCUT2D eigenvalue weighted by Crippen LogP contribution is -2.49.